The van der Waals surface area contributed by atoms with E-state index in [1.54, 1.807) is 0 Å². The molecule has 0 radical (unpaired) electrons. The van der Waals surface area contributed by atoms with Gasteiger partial charge in [0, 0.05) is 18.0 Å². The first kappa shape index (κ1) is 11.7. The number of halogens is 1. The Kier molecular flexibility index (Phi) is 3.04. The summed E-state index contributed by atoms with van der Waals surface area (Å²) in [6, 6.07) is 10.6. The van der Waals surface area contributed by atoms with Gasteiger partial charge in [0.1, 0.15) is 5.82 Å². The Bertz CT molecular complexity index is 518. The number of hydrogen-bond donors (Lipinski definition) is 0. The van der Waals surface area contributed by atoms with Crippen LogP contribution in [0.1, 0.15) is 36.2 Å². The first-order valence-electron chi connectivity index (χ1n) is 6.28. The van der Waals surface area contributed by atoms with Crippen molar-refractivity contribution in [1.29, 1.82) is 0 Å². The Morgan fingerprint density at radius 2 is 1.72 bits per heavy atom. The number of nitrogens with zero attached hydrogens (tertiary/aromatic N) is 2. The molecule has 0 aliphatic heterocycles. The number of hydrogen-bond acceptors (Lipinski definition) is 2. The van der Waals surface area contributed by atoms with Gasteiger partial charge in [-0.2, -0.15) is 0 Å². The Morgan fingerprint density at radius 3 is 2.22 bits per heavy atom. The quantitative estimate of drug-likeness (QED) is 0.785. The maximum atomic E-state index is 5.78. The van der Waals surface area contributed by atoms with E-state index in [1.165, 1.54) is 12.0 Å². The SMILES string of the molecule is ClCc1cnc(C2(c3ccccc3)CCC2)nc1. The van der Waals surface area contributed by atoms with Crippen LogP contribution in [0.2, 0.25) is 0 Å². The topological polar surface area (TPSA) is 25.8 Å². The van der Waals surface area contributed by atoms with Crippen LogP contribution in [0, 0.1) is 0 Å². The second-order valence-electron chi connectivity index (χ2n) is 4.85. The second-order valence-corrected chi connectivity index (χ2v) is 5.12. The molecule has 0 atom stereocenters. The smallest absolute Gasteiger partial charge is 0.138 e. The Balaban J connectivity index is 2.01. The molecule has 18 heavy (non-hydrogen) atoms. The van der Waals surface area contributed by atoms with Gasteiger partial charge in [-0.05, 0) is 18.4 Å². The maximum Gasteiger partial charge on any atom is 0.138 e. The lowest BCUT2D eigenvalue weighted by Crippen LogP contribution is -2.37. The van der Waals surface area contributed by atoms with Crippen molar-refractivity contribution in [1.82, 2.24) is 9.97 Å². The maximum absolute atomic E-state index is 5.78. The molecule has 3 rings (SSSR count). The van der Waals surface area contributed by atoms with E-state index in [0.29, 0.717) is 5.88 Å². The van der Waals surface area contributed by atoms with Crippen molar-refractivity contribution >= 4 is 11.6 Å². The molecule has 0 amide bonds. The van der Waals surface area contributed by atoms with E-state index in [9.17, 15) is 0 Å². The molecule has 0 spiro atoms. The number of rotatable bonds is 3. The third-order valence-corrected chi connectivity index (χ3v) is 4.13. The first-order chi connectivity index (χ1) is 8.85. The van der Waals surface area contributed by atoms with E-state index in [-0.39, 0.29) is 5.41 Å². The molecule has 92 valence electrons. The van der Waals surface area contributed by atoms with Crippen molar-refractivity contribution < 1.29 is 0 Å². The van der Waals surface area contributed by atoms with Gasteiger partial charge in [-0.3, -0.25) is 0 Å². The molecule has 0 N–H and O–H groups in total. The lowest BCUT2D eigenvalue weighted by Gasteiger charge is -2.40. The van der Waals surface area contributed by atoms with Crippen LogP contribution in [0.15, 0.2) is 42.7 Å². The van der Waals surface area contributed by atoms with E-state index >= 15 is 0 Å². The summed E-state index contributed by atoms with van der Waals surface area (Å²) in [5.41, 5.74) is 2.34. The Morgan fingerprint density at radius 1 is 1.06 bits per heavy atom. The van der Waals surface area contributed by atoms with Crippen LogP contribution in [0.5, 0.6) is 0 Å². The van der Waals surface area contributed by atoms with Crippen LogP contribution in [0.4, 0.5) is 0 Å². The third kappa shape index (κ3) is 1.81. The molecule has 0 saturated heterocycles. The van der Waals surface area contributed by atoms with Crippen molar-refractivity contribution in [3.8, 4) is 0 Å². The van der Waals surface area contributed by atoms with Crippen LogP contribution < -0.4 is 0 Å². The van der Waals surface area contributed by atoms with Crippen molar-refractivity contribution in [3.63, 3.8) is 0 Å². The molecular formula is C15H15ClN2. The predicted octanol–water partition coefficient (Wildman–Crippen LogP) is 3.69. The minimum Gasteiger partial charge on any atom is -0.240 e. The minimum absolute atomic E-state index is 0.0338. The normalized spacial score (nSPS) is 17.2. The monoisotopic (exact) mass is 258 g/mol. The Hall–Kier alpha value is -1.41. The molecular weight excluding hydrogens is 244 g/mol. The van der Waals surface area contributed by atoms with Crippen LogP contribution in [-0.4, -0.2) is 9.97 Å². The zero-order valence-corrected chi connectivity index (χ0v) is 10.9. The van der Waals surface area contributed by atoms with Gasteiger partial charge in [0.05, 0.1) is 11.3 Å². The van der Waals surface area contributed by atoms with Crippen LogP contribution in [0.25, 0.3) is 0 Å². The van der Waals surface area contributed by atoms with Gasteiger partial charge in [0.2, 0.25) is 0 Å². The molecule has 1 fully saturated rings. The number of benzene rings is 1. The van der Waals surface area contributed by atoms with E-state index in [0.717, 1.165) is 24.2 Å². The van der Waals surface area contributed by atoms with Crippen molar-refractivity contribution in [3.05, 3.63) is 59.7 Å². The zero-order valence-electron chi connectivity index (χ0n) is 10.1. The van der Waals surface area contributed by atoms with Gasteiger partial charge in [-0.15, -0.1) is 11.6 Å². The van der Waals surface area contributed by atoms with Crippen LogP contribution in [-0.2, 0) is 11.3 Å². The molecule has 1 aliphatic rings. The highest BCUT2D eigenvalue weighted by Crippen LogP contribution is 2.47. The van der Waals surface area contributed by atoms with Crippen LogP contribution >= 0.6 is 11.6 Å². The zero-order chi connectivity index (χ0) is 12.4. The molecule has 0 unspecified atom stereocenters. The summed E-state index contributed by atoms with van der Waals surface area (Å²) >= 11 is 5.78. The van der Waals surface area contributed by atoms with E-state index in [2.05, 4.69) is 34.2 Å². The van der Waals surface area contributed by atoms with E-state index in [1.807, 2.05) is 18.5 Å². The van der Waals surface area contributed by atoms with Crippen LogP contribution in [0.3, 0.4) is 0 Å². The lowest BCUT2D eigenvalue weighted by molar-refractivity contribution is 0.285. The molecule has 1 heterocycles. The molecule has 1 aliphatic carbocycles. The summed E-state index contributed by atoms with van der Waals surface area (Å²) in [4.78, 5) is 9.05. The molecule has 1 aromatic heterocycles. The molecule has 1 aromatic carbocycles. The van der Waals surface area contributed by atoms with Gasteiger partial charge in [-0.1, -0.05) is 36.8 Å². The predicted molar refractivity (Wildman–Crippen MR) is 72.7 cm³/mol. The minimum atomic E-state index is 0.0338. The highest BCUT2D eigenvalue weighted by atomic mass is 35.5. The first-order valence-corrected chi connectivity index (χ1v) is 6.81. The highest BCUT2D eigenvalue weighted by molar-refractivity contribution is 6.17. The van der Waals surface area contributed by atoms with Gasteiger partial charge in [0.15, 0.2) is 0 Å². The fourth-order valence-electron chi connectivity index (χ4n) is 2.60. The van der Waals surface area contributed by atoms with E-state index < -0.39 is 0 Å². The molecule has 2 aromatic rings. The van der Waals surface area contributed by atoms with Crippen molar-refractivity contribution in [2.45, 2.75) is 30.6 Å². The average Bonchev–Trinajstić information content (AvgIpc) is 2.40. The number of aromatic nitrogens is 2. The summed E-state index contributed by atoms with van der Waals surface area (Å²) in [5.74, 6) is 1.41. The standard InChI is InChI=1S/C15H15ClN2/c16-9-12-10-17-14(18-11-12)15(7-4-8-15)13-5-2-1-3-6-13/h1-3,5-6,10-11H,4,7-9H2. The third-order valence-electron chi connectivity index (χ3n) is 3.82. The van der Waals surface area contributed by atoms with Gasteiger partial charge in [-0.25, -0.2) is 9.97 Å². The Labute approximate surface area is 112 Å². The second kappa shape index (κ2) is 4.69. The largest absolute Gasteiger partial charge is 0.240 e. The summed E-state index contributed by atoms with van der Waals surface area (Å²) in [5, 5.41) is 0. The summed E-state index contributed by atoms with van der Waals surface area (Å²) in [6.07, 6.45) is 7.21. The summed E-state index contributed by atoms with van der Waals surface area (Å²) in [6.45, 7) is 0. The molecule has 1 saturated carbocycles. The molecule has 3 heteroatoms. The van der Waals surface area contributed by atoms with Gasteiger partial charge >= 0.3 is 0 Å². The molecule has 0 bridgehead atoms. The number of alkyl halides is 1. The summed E-state index contributed by atoms with van der Waals surface area (Å²) in [7, 11) is 0. The lowest BCUT2D eigenvalue weighted by atomic mass is 9.64. The highest BCUT2D eigenvalue weighted by Gasteiger charge is 2.42. The fourth-order valence-corrected chi connectivity index (χ4v) is 2.74. The molecule has 2 nitrogen and oxygen atoms in total. The van der Waals surface area contributed by atoms with Crippen molar-refractivity contribution in [2.75, 3.05) is 0 Å². The van der Waals surface area contributed by atoms with Crippen molar-refractivity contribution in [2.24, 2.45) is 0 Å². The fraction of sp³-hybridized carbons (Fsp3) is 0.333. The average molecular weight is 259 g/mol. The van der Waals surface area contributed by atoms with Gasteiger partial charge in [0.25, 0.3) is 0 Å². The summed E-state index contributed by atoms with van der Waals surface area (Å²) < 4.78 is 0. The van der Waals surface area contributed by atoms with Gasteiger partial charge < -0.3 is 0 Å². The van der Waals surface area contributed by atoms with E-state index in [4.69, 9.17) is 11.6 Å².